The summed E-state index contributed by atoms with van der Waals surface area (Å²) in [6, 6.07) is 12.6. The average Bonchev–Trinajstić information content (AvgIpc) is 2.49. The van der Waals surface area contributed by atoms with E-state index < -0.39 is 5.91 Å². The fraction of sp³-hybridized carbons (Fsp3) is 0.125. The fourth-order valence-electron chi connectivity index (χ4n) is 1.96. The van der Waals surface area contributed by atoms with Crippen molar-refractivity contribution in [2.24, 2.45) is 16.5 Å². The molecule has 5 N–H and O–H groups in total. The number of aryl methyl sites for hydroxylation is 1. The average molecular weight is 298 g/mol. The van der Waals surface area contributed by atoms with E-state index in [9.17, 15) is 4.79 Å². The molecule has 2 aromatic carbocycles. The zero-order valence-corrected chi connectivity index (χ0v) is 12.5. The highest BCUT2D eigenvalue weighted by Gasteiger charge is 2.13. The standard InChI is InChI=1S/C16H18N4O2/c1-10-6-8-11(9-7-10)15(17)19-14-12(16(18)21)4-3-5-13(14)20-22-2/h3-9,20H,1-2H3,(H2,17,19)(H2,18,21). The summed E-state index contributed by atoms with van der Waals surface area (Å²) in [7, 11) is 1.47. The van der Waals surface area contributed by atoms with Gasteiger partial charge < -0.3 is 11.5 Å². The number of nitrogens with zero attached hydrogens (tertiary/aromatic N) is 1. The number of rotatable bonds is 5. The number of hydrogen-bond donors (Lipinski definition) is 3. The first-order chi connectivity index (χ1) is 10.5. The predicted octanol–water partition coefficient (Wildman–Crippen LogP) is 2.10. The van der Waals surface area contributed by atoms with Crippen LogP contribution in [0.15, 0.2) is 47.5 Å². The number of amidine groups is 1. The molecule has 0 saturated heterocycles. The molecule has 114 valence electrons. The van der Waals surface area contributed by atoms with Crippen LogP contribution in [-0.4, -0.2) is 18.9 Å². The van der Waals surface area contributed by atoms with Crippen LogP contribution in [0.3, 0.4) is 0 Å². The lowest BCUT2D eigenvalue weighted by Gasteiger charge is -2.11. The van der Waals surface area contributed by atoms with Gasteiger partial charge in [-0.1, -0.05) is 35.9 Å². The molecule has 0 aliphatic heterocycles. The van der Waals surface area contributed by atoms with E-state index in [0.29, 0.717) is 11.4 Å². The molecule has 0 aliphatic carbocycles. The first kappa shape index (κ1) is 15.5. The van der Waals surface area contributed by atoms with Crippen LogP contribution in [-0.2, 0) is 4.84 Å². The van der Waals surface area contributed by atoms with E-state index in [1.807, 2.05) is 31.2 Å². The van der Waals surface area contributed by atoms with Crippen molar-refractivity contribution < 1.29 is 9.63 Å². The second kappa shape index (κ2) is 6.73. The number of carbonyl (C=O) groups is 1. The van der Waals surface area contributed by atoms with Gasteiger partial charge in [-0.2, -0.15) is 0 Å². The Morgan fingerprint density at radius 2 is 1.82 bits per heavy atom. The number of benzene rings is 2. The van der Waals surface area contributed by atoms with E-state index >= 15 is 0 Å². The largest absolute Gasteiger partial charge is 0.383 e. The number of nitrogens with two attached hydrogens (primary N) is 2. The van der Waals surface area contributed by atoms with Crippen LogP contribution in [0.2, 0.25) is 0 Å². The molecular formula is C16H18N4O2. The molecule has 0 bridgehead atoms. The van der Waals surface area contributed by atoms with Gasteiger partial charge >= 0.3 is 0 Å². The Balaban J connectivity index is 2.52. The van der Waals surface area contributed by atoms with E-state index in [-0.39, 0.29) is 11.4 Å². The van der Waals surface area contributed by atoms with Crippen molar-refractivity contribution in [1.82, 2.24) is 0 Å². The Bertz CT molecular complexity index is 709. The van der Waals surface area contributed by atoms with E-state index in [0.717, 1.165) is 11.1 Å². The number of primary amides is 1. The lowest BCUT2D eigenvalue weighted by atomic mass is 10.1. The van der Waals surface area contributed by atoms with Crippen molar-refractivity contribution in [2.75, 3.05) is 12.6 Å². The number of aliphatic imine (C=N–C) groups is 1. The van der Waals surface area contributed by atoms with Crippen molar-refractivity contribution in [1.29, 1.82) is 0 Å². The quantitative estimate of drug-likeness (QED) is 0.447. The third kappa shape index (κ3) is 3.42. The summed E-state index contributed by atoms with van der Waals surface area (Å²) in [6.45, 7) is 1.99. The Morgan fingerprint density at radius 1 is 1.14 bits per heavy atom. The summed E-state index contributed by atoms with van der Waals surface area (Å²) in [5, 5.41) is 0. The van der Waals surface area contributed by atoms with Gasteiger partial charge in [0.15, 0.2) is 0 Å². The maximum Gasteiger partial charge on any atom is 0.250 e. The van der Waals surface area contributed by atoms with Crippen LogP contribution in [0.25, 0.3) is 0 Å². The summed E-state index contributed by atoms with van der Waals surface area (Å²) in [5.41, 5.74) is 17.1. The van der Waals surface area contributed by atoms with Crippen LogP contribution >= 0.6 is 0 Å². The maximum absolute atomic E-state index is 11.6. The Kier molecular flexibility index (Phi) is 4.75. The highest BCUT2D eigenvalue weighted by molar-refractivity contribution is 6.05. The molecule has 0 heterocycles. The molecule has 0 saturated carbocycles. The van der Waals surface area contributed by atoms with Crippen molar-refractivity contribution in [3.63, 3.8) is 0 Å². The molecule has 2 rings (SSSR count). The van der Waals surface area contributed by atoms with Crippen molar-refractivity contribution in [3.05, 3.63) is 59.2 Å². The number of hydrogen-bond acceptors (Lipinski definition) is 4. The summed E-state index contributed by atoms with van der Waals surface area (Å²) in [4.78, 5) is 20.8. The lowest BCUT2D eigenvalue weighted by Crippen LogP contribution is -2.15. The smallest absolute Gasteiger partial charge is 0.250 e. The van der Waals surface area contributed by atoms with Gasteiger partial charge in [0.05, 0.1) is 18.4 Å². The SMILES string of the molecule is CONc1cccc(C(N)=O)c1N=C(N)c1ccc(C)cc1. The van der Waals surface area contributed by atoms with E-state index in [4.69, 9.17) is 16.3 Å². The van der Waals surface area contributed by atoms with Gasteiger partial charge in [0.1, 0.15) is 11.5 Å². The second-order valence-corrected chi connectivity index (χ2v) is 4.74. The molecule has 0 spiro atoms. The van der Waals surface area contributed by atoms with Crippen LogP contribution < -0.4 is 16.9 Å². The summed E-state index contributed by atoms with van der Waals surface area (Å²) >= 11 is 0. The van der Waals surface area contributed by atoms with Gasteiger partial charge in [-0.15, -0.1) is 0 Å². The predicted molar refractivity (Wildman–Crippen MR) is 87.2 cm³/mol. The summed E-state index contributed by atoms with van der Waals surface area (Å²) in [5.74, 6) is -0.303. The molecule has 22 heavy (non-hydrogen) atoms. The highest BCUT2D eigenvalue weighted by atomic mass is 16.6. The lowest BCUT2D eigenvalue weighted by molar-refractivity contribution is 0.100. The van der Waals surface area contributed by atoms with Gasteiger partial charge in [0.25, 0.3) is 5.91 Å². The van der Waals surface area contributed by atoms with Crippen molar-refractivity contribution >= 4 is 23.1 Å². The molecule has 6 nitrogen and oxygen atoms in total. The summed E-state index contributed by atoms with van der Waals surface area (Å²) < 4.78 is 0. The van der Waals surface area contributed by atoms with E-state index in [1.54, 1.807) is 18.2 Å². The Labute approximate surface area is 128 Å². The Morgan fingerprint density at radius 3 is 2.41 bits per heavy atom. The third-order valence-electron chi connectivity index (χ3n) is 3.09. The minimum absolute atomic E-state index is 0.261. The van der Waals surface area contributed by atoms with E-state index in [1.165, 1.54) is 7.11 Å². The molecule has 0 fully saturated rings. The summed E-state index contributed by atoms with van der Waals surface area (Å²) in [6.07, 6.45) is 0. The number of anilines is 1. The molecule has 2 aromatic rings. The molecule has 1 amide bonds. The van der Waals surface area contributed by atoms with Crippen LogP contribution in [0.1, 0.15) is 21.5 Å². The molecule has 0 atom stereocenters. The molecule has 6 heteroatoms. The number of para-hydroxylation sites is 1. The Hall–Kier alpha value is -2.86. The molecule has 0 aliphatic rings. The van der Waals surface area contributed by atoms with Crippen LogP contribution in [0, 0.1) is 6.92 Å². The molecule has 0 radical (unpaired) electrons. The number of amides is 1. The molecule has 0 aromatic heterocycles. The number of carbonyl (C=O) groups excluding carboxylic acids is 1. The van der Waals surface area contributed by atoms with Gasteiger partial charge in [-0.3, -0.25) is 15.1 Å². The van der Waals surface area contributed by atoms with Gasteiger partial charge in [0, 0.05) is 5.56 Å². The van der Waals surface area contributed by atoms with Gasteiger partial charge in [-0.05, 0) is 19.1 Å². The monoisotopic (exact) mass is 298 g/mol. The van der Waals surface area contributed by atoms with Crippen molar-refractivity contribution in [3.8, 4) is 0 Å². The van der Waals surface area contributed by atoms with Gasteiger partial charge in [0.2, 0.25) is 0 Å². The first-order valence-electron chi connectivity index (χ1n) is 6.66. The normalized spacial score (nSPS) is 11.3. The van der Waals surface area contributed by atoms with Crippen LogP contribution in [0.4, 0.5) is 11.4 Å². The van der Waals surface area contributed by atoms with E-state index in [2.05, 4.69) is 10.5 Å². The highest BCUT2D eigenvalue weighted by Crippen LogP contribution is 2.29. The topological polar surface area (TPSA) is 103 Å². The minimum Gasteiger partial charge on any atom is -0.383 e. The zero-order chi connectivity index (χ0) is 16.1. The van der Waals surface area contributed by atoms with Crippen molar-refractivity contribution in [2.45, 2.75) is 6.92 Å². The third-order valence-corrected chi connectivity index (χ3v) is 3.09. The first-order valence-corrected chi connectivity index (χ1v) is 6.66. The molecule has 0 unspecified atom stereocenters. The zero-order valence-electron chi connectivity index (χ0n) is 12.5. The second-order valence-electron chi connectivity index (χ2n) is 4.74. The number of nitrogens with one attached hydrogen (secondary N) is 1. The minimum atomic E-state index is -0.588. The maximum atomic E-state index is 11.6. The fourth-order valence-corrected chi connectivity index (χ4v) is 1.96. The van der Waals surface area contributed by atoms with Crippen LogP contribution in [0.5, 0.6) is 0 Å². The van der Waals surface area contributed by atoms with Gasteiger partial charge in [-0.25, -0.2) is 4.99 Å². The molecular weight excluding hydrogens is 280 g/mol.